The molecule has 0 saturated heterocycles. The number of primary amides is 1. The predicted molar refractivity (Wildman–Crippen MR) is 84.4 cm³/mol. The van der Waals surface area contributed by atoms with E-state index in [2.05, 4.69) is 5.32 Å². The molecule has 0 spiro atoms. The van der Waals surface area contributed by atoms with Gasteiger partial charge in [0.1, 0.15) is 5.75 Å². The van der Waals surface area contributed by atoms with Gasteiger partial charge < -0.3 is 21.5 Å². The first-order valence-corrected chi connectivity index (χ1v) is 6.47. The Hall–Kier alpha value is -1.79. The zero-order valence-corrected chi connectivity index (χ0v) is 13.0. The van der Waals surface area contributed by atoms with Gasteiger partial charge in [-0.3, -0.25) is 9.59 Å². The number of hydrogen-bond acceptors (Lipinski definition) is 4. The van der Waals surface area contributed by atoms with Crippen molar-refractivity contribution in [1.29, 1.82) is 0 Å². The molecule has 1 aromatic rings. The summed E-state index contributed by atoms with van der Waals surface area (Å²) in [5.41, 5.74) is 11.4. The SMILES string of the molecule is CC(C)[C@H](N)C(=O)Nc1ccc(OCCC(N)=O)cc1.Cl. The number of amides is 2. The Kier molecular flexibility index (Phi) is 8.42. The third kappa shape index (κ3) is 6.97. The Bertz CT molecular complexity index is 463. The average molecular weight is 316 g/mol. The smallest absolute Gasteiger partial charge is 0.241 e. The molecular formula is C14H22ClN3O3. The molecule has 0 bridgehead atoms. The molecule has 1 atom stereocenters. The highest BCUT2D eigenvalue weighted by Crippen LogP contribution is 2.16. The molecule has 0 aliphatic rings. The van der Waals surface area contributed by atoms with Crippen molar-refractivity contribution in [3.05, 3.63) is 24.3 Å². The summed E-state index contributed by atoms with van der Waals surface area (Å²) >= 11 is 0. The molecule has 0 heterocycles. The Labute approximate surface area is 130 Å². The quantitative estimate of drug-likeness (QED) is 0.704. The summed E-state index contributed by atoms with van der Waals surface area (Å²) in [7, 11) is 0. The second-order valence-corrected chi connectivity index (χ2v) is 4.85. The Morgan fingerprint density at radius 3 is 2.29 bits per heavy atom. The number of rotatable bonds is 7. The predicted octanol–water partition coefficient (Wildman–Crippen LogP) is 1.28. The molecule has 0 unspecified atom stereocenters. The van der Waals surface area contributed by atoms with Crippen LogP contribution in [0, 0.1) is 5.92 Å². The van der Waals surface area contributed by atoms with Gasteiger partial charge in [-0.15, -0.1) is 12.4 Å². The Morgan fingerprint density at radius 2 is 1.81 bits per heavy atom. The van der Waals surface area contributed by atoms with Crippen LogP contribution in [-0.4, -0.2) is 24.5 Å². The van der Waals surface area contributed by atoms with Crippen molar-refractivity contribution in [2.75, 3.05) is 11.9 Å². The molecule has 7 heteroatoms. The van der Waals surface area contributed by atoms with Crippen molar-refractivity contribution in [3.63, 3.8) is 0 Å². The van der Waals surface area contributed by atoms with E-state index in [1.807, 2.05) is 13.8 Å². The lowest BCUT2D eigenvalue weighted by Gasteiger charge is -2.15. The minimum absolute atomic E-state index is 0. The van der Waals surface area contributed by atoms with Gasteiger partial charge in [0.15, 0.2) is 0 Å². The van der Waals surface area contributed by atoms with Crippen LogP contribution in [0.1, 0.15) is 20.3 Å². The number of carbonyl (C=O) groups is 2. The number of carbonyl (C=O) groups excluding carboxylic acids is 2. The standard InChI is InChI=1S/C14H21N3O3.ClH/c1-9(2)13(16)14(19)17-10-3-5-11(6-4-10)20-8-7-12(15)18;/h3-6,9,13H,7-8,16H2,1-2H3,(H2,15,18)(H,17,19);1H/t13-;/m0./s1. The first-order chi connectivity index (χ1) is 9.40. The highest BCUT2D eigenvalue weighted by atomic mass is 35.5. The fourth-order valence-electron chi connectivity index (χ4n) is 1.43. The number of ether oxygens (including phenoxy) is 1. The van der Waals surface area contributed by atoms with Crippen LogP contribution in [0.25, 0.3) is 0 Å². The summed E-state index contributed by atoms with van der Waals surface area (Å²) in [6.45, 7) is 4.01. The number of anilines is 1. The molecule has 5 N–H and O–H groups in total. The van der Waals surface area contributed by atoms with E-state index in [1.165, 1.54) is 0 Å². The second-order valence-electron chi connectivity index (χ2n) is 4.85. The van der Waals surface area contributed by atoms with Crippen molar-refractivity contribution >= 4 is 29.9 Å². The number of benzene rings is 1. The summed E-state index contributed by atoms with van der Waals surface area (Å²) in [5, 5.41) is 2.73. The molecule has 1 rings (SSSR count). The number of nitrogens with two attached hydrogens (primary N) is 2. The van der Waals surface area contributed by atoms with E-state index in [1.54, 1.807) is 24.3 Å². The van der Waals surface area contributed by atoms with Crippen LogP contribution in [0.15, 0.2) is 24.3 Å². The molecule has 0 radical (unpaired) electrons. The van der Waals surface area contributed by atoms with Crippen LogP contribution < -0.4 is 21.5 Å². The second kappa shape index (κ2) is 9.20. The maximum Gasteiger partial charge on any atom is 0.241 e. The fourth-order valence-corrected chi connectivity index (χ4v) is 1.43. The van der Waals surface area contributed by atoms with Gasteiger partial charge in [-0.05, 0) is 30.2 Å². The van der Waals surface area contributed by atoms with Gasteiger partial charge in [0.05, 0.1) is 19.1 Å². The third-order valence-corrected chi connectivity index (χ3v) is 2.76. The maximum absolute atomic E-state index is 11.8. The van der Waals surface area contributed by atoms with Crippen LogP contribution in [0.2, 0.25) is 0 Å². The highest BCUT2D eigenvalue weighted by Gasteiger charge is 2.16. The minimum atomic E-state index is -0.540. The normalized spacial score (nSPS) is 11.4. The molecule has 0 aliphatic carbocycles. The number of nitrogens with one attached hydrogen (secondary N) is 1. The zero-order valence-electron chi connectivity index (χ0n) is 12.2. The van der Waals surface area contributed by atoms with Gasteiger partial charge in [-0.2, -0.15) is 0 Å². The molecule has 6 nitrogen and oxygen atoms in total. The molecule has 2 amide bonds. The first kappa shape index (κ1) is 19.2. The van der Waals surface area contributed by atoms with Gasteiger partial charge >= 0.3 is 0 Å². The zero-order chi connectivity index (χ0) is 15.1. The number of halogens is 1. The van der Waals surface area contributed by atoms with E-state index in [9.17, 15) is 9.59 Å². The van der Waals surface area contributed by atoms with E-state index in [-0.39, 0.29) is 37.3 Å². The Morgan fingerprint density at radius 1 is 1.24 bits per heavy atom. The summed E-state index contributed by atoms with van der Waals surface area (Å²) in [5.74, 6) is 0.0581. The van der Waals surface area contributed by atoms with Crippen LogP contribution in [0.4, 0.5) is 5.69 Å². The minimum Gasteiger partial charge on any atom is -0.493 e. The monoisotopic (exact) mass is 315 g/mol. The summed E-state index contributed by atoms with van der Waals surface area (Å²) in [6.07, 6.45) is 0.168. The largest absolute Gasteiger partial charge is 0.493 e. The summed E-state index contributed by atoms with van der Waals surface area (Å²) in [4.78, 5) is 22.3. The van der Waals surface area contributed by atoms with E-state index >= 15 is 0 Å². The van der Waals surface area contributed by atoms with E-state index in [4.69, 9.17) is 16.2 Å². The lowest BCUT2D eigenvalue weighted by atomic mass is 10.1. The molecule has 0 aromatic heterocycles. The van der Waals surface area contributed by atoms with Crippen molar-refractivity contribution in [3.8, 4) is 5.75 Å². The van der Waals surface area contributed by atoms with Gasteiger partial charge in [-0.1, -0.05) is 13.8 Å². The topological polar surface area (TPSA) is 107 Å². The maximum atomic E-state index is 11.8. The van der Waals surface area contributed by atoms with Crippen molar-refractivity contribution in [2.24, 2.45) is 17.4 Å². The molecule has 118 valence electrons. The van der Waals surface area contributed by atoms with Gasteiger partial charge in [-0.25, -0.2) is 0 Å². The fraction of sp³-hybridized carbons (Fsp3) is 0.429. The Balaban J connectivity index is 0.00000400. The summed E-state index contributed by atoms with van der Waals surface area (Å²) in [6, 6.07) is 6.30. The van der Waals surface area contributed by atoms with E-state index in [0.29, 0.717) is 11.4 Å². The van der Waals surface area contributed by atoms with Gasteiger partial charge in [0.25, 0.3) is 0 Å². The summed E-state index contributed by atoms with van der Waals surface area (Å²) < 4.78 is 5.32. The molecule has 0 fully saturated rings. The van der Waals surface area contributed by atoms with Crippen molar-refractivity contribution < 1.29 is 14.3 Å². The van der Waals surface area contributed by atoms with Crippen LogP contribution in [0.5, 0.6) is 5.75 Å². The molecule has 1 aromatic carbocycles. The third-order valence-electron chi connectivity index (χ3n) is 2.76. The van der Waals surface area contributed by atoms with Crippen molar-refractivity contribution in [2.45, 2.75) is 26.3 Å². The molecule has 21 heavy (non-hydrogen) atoms. The average Bonchev–Trinajstić information content (AvgIpc) is 2.39. The van der Waals surface area contributed by atoms with Crippen LogP contribution in [-0.2, 0) is 9.59 Å². The van der Waals surface area contributed by atoms with Crippen LogP contribution >= 0.6 is 12.4 Å². The van der Waals surface area contributed by atoms with Crippen LogP contribution in [0.3, 0.4) is 0 Å². The lowest BCUT2D eigenvalue weighted by molar-refractivity contribution is -0.119. The highest BCUT2D eigenvalue weighted by molar-refractivity contribution is 5.94. The molecular weight excluding hydrogens is 294 g/mol. The number of hydrogen-bond donors (Lipinski definition) is 3. The van der Waals surface area contributed by atoms with E-state index in [0.717, 1.165) is 0 Å². The molecule has 0 aliphatic heterocycles. The molecule has 0 saturated carbocycles. The lowest BCUT2D eigenvalue weighted by Crippen LogP contribution is -2.39. The first-order valence-electron chi connectivity index (χ1n) is 6.47. The van der Waals surface area contributed by atoms with Gasteiger partial charge in [0, 0.05) is 5.69 Å². The van der Waals surface area contributed by atoms with E-state index < -0.39 is 11.9 Å². The van der Waals surface area contributed by atoms with Crippen molar-refractivity contribution in [1.82, 2.24) is 0 Å². The van der Waals surface area contributed by atoms with Gasteiger partial charge in [0.2, 0.25) is 11.8 Å².